The molecule has 1 N–H and O–H groups in total. The number of thiophene rings is 1. The first-order valence-corrected chi connectivity index (χ1v) is 11.8. The van der Waals surface area contributed by atoms with Crippen molar-refractivity contribution in [1.82, 2.24) is 9.88 Å². The van der Waals surface area contributed by atoms with Crippen LogP contribution in [0.5, 0.6) is 5.75 Å². The van der Waals surface area contributed by atoms with Crippen LogP contribution >= 0.6 is 11.3 Å². The normalized spacial score (nSPS) is 23.0. The second-order valence-corrected chi connectivity index (χ2v) is 9.57. The second-order valence-electron chi connectivity index (χ2n) is 8.65. The zero-order valence-electron chi connectivity index (χ0n) is 17.7. The van der Waals surface area contributed by atoms with Crippen molar-refractivity contribution in [2.75, 3.05) is 20.2 Å². The number of benzene rings is 1. The second kappa shape index (κ2) is 8.20. The van der Waals surface area contributed by atoms with Crippen LogP contribution in [-0.4, -0.2) is 36.1 Å². The van der Waals surface area contributed by atoms with E-state index in [-0.39, 0.29) is 5.82 Å². The average Bonchev–Trinajstić information content (AvgIpc) is 3.37. The summed E-state index contributed by atoms with van der Waals surface area (Å²) in [5, 5.41) is 3.19. The number of aromatic nitrogens is 1. The first-order chi connectivity index (χ1) is 14.6. The van der Waals surface area contributed by atoms with Gasteiger partial charge in [0.25, 0.3) is 0 Å². The Hall–Kier alpha value is -2.11. The fourth-order valence-electron chi connectivity index (χ4n) is 5.49. The minimum atomic E-state index is -0.144. The molecule has 0 spiro atoms. The lowest BCUT2D eigenvalue weighted by molar-refractivity contribution is 0.163. The third-order valence-corrected chi connectivity index (χ3v) is 7.97. The molecule has 2 aliphatic rings. The van der Waals surface area contributed by atoms with Crippen LogP contribution < -0.4 is 4.74 Å². The molecular weight excluding hydrogens is 395 g/mol. The smallest absolute Gasteiger partial charge is 0.137 e. The molecular formula is C25H29FN2OS. The van der Waals surface area contributed by atoms with E-state index in [1.165, 1.54) is 47.4 Å². The van der Waals surface area contributed by atoms with Crippen LogP contribution in [0.4, 0.5) is 4.39 Å². The molecule has 1 fully saturated rings. The van der Waals surface area contributed by atoms with E-state index in [4.69, 9.17) is 4.74 Å². The minimum absolute atomic E-state index is 0.144. The first kappa shape index (κ1) is 19.8. The monoisotopic (exact) mass is 424 g/mol. The van der Waals surface area contributed by atoms with E-state index in [0.717, 1.165) is 36.2 Å². The predicted octanol–water partition coefficient (Wildman–Crippen LogP) is 6.50. The SMILES string of the molecule is COc1ccsc1C1=CCN(C2CCC(c3c(C)[nH]c4ccc(F)cc34)CC2)CC1. The van der Waals surface area contributed by atoms with Crippen molar-refractivity contribution in [2.24, 2.45) is 0 Å². The summed E-state index contributed by atoms with van der Waals surface area (Å²) in [5.74, 6) is 1.39. The number of aromatic amines is 1. The van der Waals surface area contributed by atoms with Gasteiger partial charge in [0, 0.05) is 35.7 Å². The molecule has 0 bridgehead atoms. The maximum absolute atomic E-state index is 13.8. The highest BCUT2D eigenvalue weighted by Gasteiger charge is 2.30. The maximum Gasteiger partial charge on any atom is 0.137 e. The van der Waals surface area contributed by atoms with E-state index < -0.39 is 0 Å². The molecule has 1 aromatic carbocycles. The van der Waals surface area contributed by atoms with Gasteiger partial charge in [0.1, 0.15) is 11.6 Å². The molecule has 3 heterocycles. The predicted molar refractivity (Wildman–Crippen MR) is 123 cm³/mol. The van der Waals surface area contributed by atoms with Gasteiger partial charge >= 0.3 is 0 Å². The molecule has 1 aliphatic carbocycles. The van der Waals surface area contributed by atoms with Crippen molar-refractivity contribution in [3.8, 4) is 5.75 Å². The van der Waals surface area contributed by atoms with Gasteiger partial charge in [-0.3, -0.25) is 4.90 Å². The molecule has 0 amide bonds. The highest BCUT2D eigenvalue weighted by Crippen LogP contribution is 2.41. The van der Waals surface area contributed by atoms with Crippen molar-refractivity contribution in [1.29, 1.82) is 0 Å². The van der Waals surface area contributed by atoms with Gasteiger partial charge in [-0.1, -0.05) is 6.08 Å². The van der Waals surface area contributed by atoms with E-state index in [1.807, 2.05) is 6.07 Å². The van der Waals surface area contributed by atoms with Gasteiger partial charge in [-0.2, -0.15) is 0 Å². The van der Waals surface area contributed by atoms with Crippen LogP contribution in [0, 0.1) is 12.7 Å². The van der Waals surface area contributed by atoms with Crippen LogP contribution in [0.2, 0.25) is 0 Å². The highest BCUT2D eigenvalue weighted by atomic mass is 32.1. The molecule has 3 aromatic rings. The number of ether oxygens (including phenoxy) is 1. The zero-order valence-corrected chi connectivity index (χ0v) is 18.5. The standard InChI is InChI=1S/C25H29FN2OS/c1-16-24(21-15-19(26)5-8-22(21)27-16)17-3-6-20(7-4-17)28-12-9-18(10-13-28)25-23(29-2)11-14-30-25/h5,8-9,11,14-15,17,20,27H,3-4,6-7,10,12-13H2,1-2H3. The molecule has 0 saturated heterocycles. The number of hydrogen-bond acceptors (Lipinski definition) is 3. The topological polar surface area (TPSA) is 28.3 Å². The number of hydrogen-bond donors (Lipinski definition) is 1. The van der Waals surface area contributed by atoms with E-state index in [9.17, 15) is 4.39 Å². The Labute approximate surface area is 181 Å². The number of aryl methyl sites for hydroxylation is 1. The van der Waals surface area contributed by atoms with Gasteiger partial charge < -0.3 is 9.72 Å². The van der Waals surface area contributed by atoms with Crippen molar-refractivity contribution in [3.63, 3.8) is 0 Å². The van der Waals surface area contributed by atoms with E-state index in [0.29, 0.717) is 12.0 Å². The van der Waals surface area contributed by atoms with E-state index >= 15 is 0 Å². The average molecular weight is 425 g/mol. The lowest BCUT2D eigenvalue weighted by Gasteiger charge is -2.38. The summed E-state index contributed by atoms with van der Waals surface area (Å²) in [6, 6.07) is 7.84. The molecule has 2 aromatic heterocycles. The highest BCUT2D eigenvalue weighted by molar-refractivity contribution is 7.11. The van der Waals surface area contributed by atoms with Crippen LogP contribution in [0.1, 0.15) is 54.2 Å². The Morgan fingerprint density at radius 3 is 2.73 bits per heavy atom. The molecule has 1 saturated carbocycles. The van der Waals surface area contributed by atoms with Gasteiger partial charge in [-0.25, -0.2) is 4.39 Å². The Kier molecular flexibility index (Phi) is 5.42. The van der Waals surface area contributed by atoms with Crippen LogP contribution in [0.15, 0.2) is 35.7 Å². The van der Waals surface area contributed by atoms with Crippen molar-refractivity contribution >= 4 is 27.8 Å². The molecule has 0 radical (unpaired) electrons. The number of H-pyrrole nitrogens is 1. The Balaban J connectivity index is 1.25. The lowest BCUT2D eigenvalue weighted by atomic mass is 9.80. The van der Waals surface area contributed by atoms with Gasteiger partial charge in [0.2, 0.25) is 0 Å². The fraction of sp³-hybridized carbons (Fsp3) is 0.440. The fourth-order valence-corrected chi connectivity index (χ4v) is 6.42. The molecule has 1 aliphatic heterocycles. The summed E-state index contributed by atoms with van der Waals surface area (Å²) in [6.07, 6.45) is 8.30. The van der Waals surface area contributed by atoms with Crippen molar-refractivity contribution < 1.29 is 9.13 Å². The molecule has 0 unspecified atom stereocenters. The van der Waals surface area contributed by atoms with Gasteiger partial charge in [0.15, 0.2) is 0 Å². The third kappa shape index (κ3) is 3.58. The lowest BCUT2D eigenvalue weighted by Crippen LogP contribution is -2.40. The molecule has 5 rings (SSSR count). The van der Waals surface area contributed by atoms with Crippen LogP contribution in [0.25, 0.3) is 16.5 Å². The molecule has 5 heteroatoms. The third-order valence-electron chi connectivity index (χ3n) is 7.00. The summed E-state index contributed by atoms with van der Waals surface area (Å²) < 4.78 is 19.4. The van der Waals surface area contributed by atoms with Gasteiger partial charge in [-0.05, 0) is 85.7 Å². The summed E-state index contributed by atoms with van der Waals surface area (Å²) >= 11 is 1.78. The number of rotatable bonds is 4. The Morgan fingerprint density at radius 1 is 1.17 bits per heavy atom. The summed E-state index contributed by atoms with van der Waals surface area (Å²) in [4.78, 5) is 7.41. The molecule has 0 atom stereocenters. The number of methoxy groups -OCH3 is 1. The Morgan fingerprint density at radius 2 is 2.00 bits per heavy atom. The van der Waals surface area contributed by atoms with E-state index in [2.05, 4.69) is 34.3 Å². The number of nitrogens with one attached hydrogen (secondary N) is 1. The number of nitrogens with zero attached hydrogens (tertiary/aromatic N) is 1. The Bertz CT molecular complexity index is 1070. The minimum Gasteiger partial charge on any atom is -0.495 e. The molecule has 158 valence electrons. The van der Waals surface area contributed by atoms with Crippen LogP contribution in [0.3, 0.4) is 0 Å². The number of halogens is 1. The van der Waals surface area contributed by atoms with Gasteiger partial charge in [0.05, 0.1) is 12.0 Å². The first-order valence-electron chi connectivity index (χ1n) is 11.0. The summed E-state index contributed by atoms with van der Waals surface area (Å²) in [6.45, 7) is 4.29. The summed E-state index contributed by atoms with van der Waals surface area (Å²) in [7, 11) is 1.75. The molecule has 30 heavy (non-hydrogen) atoms. The van der Waals surface area contributed by atoms with Crippen LogP contribution in [-0.2, 0) is 0 Å². The number of fused-ring (bicyclic) bond motifs is 1. The maximum atomic E-state index is 13.8. The van der Waals surface area contributed by atoms with Crippen molar-refractivity contribution in [3.05, 3.63) is 57.7 Å². The van der Waals surface area contributed by atoms with Gasteiger partial charge in [-0.15, -0.1) is 11.3 Å². The van der Waals surface area contributed by atoms with E-state index in [1.54, 1.807) is 30.6 Å². The summed E-state index contributed by atoms with van der Waals surface area (Å²) in [5.41, 5.74) is 5.04. The largest absolute Gasteiger partial charge is 0.495 e. The van der Waals surface area contributed by atoms with Crippen molar-refractivity contribution in [2.45, 2.75) is 51.0 Å². The zero-order chi connectivity index (χ0) is 20.7. The quantitative estimate of drug-likeness (QED) is 0.518. The molecule has 3 nitrogen and oxygen atoms in total.